The molecule has 0 spiro atoms. The number of rotatable bonds is 4. The second-order valence-corrected chi connectivity index (χ2v) is 5.23. The Morgan fingerprint density at radius 2 is 2.08 bits per heavy atom. The first-order valence-electron chi connectivity index (χ1n) is 4.74. The molecular formula is C9H18INO. The van der Waals surface area contributed by atoms with Crippen LogP contribution in [0.3, 0.4) is 0 Å². The minimum atomic E-state index is -0.149. The van der Waals surface area contributed by atoms with Crippen LogP contribution in [0.25, 0.3) is 0 Å². The zero-order valence-electron chi connectivity index (χ0n) is 7.38. The minimum Gasteiger partial charge on any atom is -0.383 e. The van der Waals surface area contributed by atoms with Crippen molar-refractivity contribution in [2.75, 3.05) is 6.54 Å². The Bertz CT molecular complexity index is 130. The summed E-state index contributed by atoms with van der Waals surface area (Å²) in [6.07, 6.45) is 6.06. The van der Waals surface area contributed by atoms with Crippen LogP contribution in [0.1, 0.15) is 32.1 Å². The highest BCUT2D eigenvalue weighted by Gasteiger charge is 2.24. The molecule has 1 aliphatic carbocycles. The van der Waals surface area contributed by atoms with Crippen molar-refractivity contribution in [2.45, 2.75) is 36.2 Å². The molecule has 3 unspecified atom stereocenters. The van der Waals surface area contributed by atoms with E-state index in [0.29, 0.717) is 0 Å². The van der Waals surface area contributed by atoms with Crippen molar-refractivity contribution >= 4 is 22.6 Å². The van der Waals surface area contributed by atoms with Gasteiger partial charge < -0.3 is 10.8 Å². The number of aliphatic hydroxyl groups excluding tert-OH is 1. The largest absolute Gasteiger partial charge is 0.383 e. The number of nitrogens with two attached hydrogens (primary N) is 1. The molecule has 0 heterocycles. The average Bonchev–Trinajstić information content (AvgIpc) is 2.36. The fourth-order valence-corrected chi connectivity index (χ4v) is 2.88. The van der Waals surface area contributed by atoms with E-state index in [2.05, 4.69) is 22.6 Å². The van der Waals surface area contributed by atoms with Gasteiger partial charge in [0.15, 0.2) is 0 Å². The van der Waals surface area contributed by atoms with Gasteiger partial charge in [-0.3, -0.25) is 0 Å². The summed E-state index contributed by atoms with van der Waals surface area (Å²) < 4.78 is -0.149. The van der Waals surface area contributed by atoms with Crippen LogP contribution < -0.4 is 5.73 Å². The van der Waals surface area contributed by atoms with E-state index in [-0.39, 0.29) is 4.11 Å². The summed E-state index contributed by atoms with van der Waals surface area (Å²) in [5.41, 5.74) is 5.50. The predicted molar refractivity (Wildman–Crippen MR) is 59.1 cm³/mol. The van der Waals surface area contributed by atoms with Crippen LogP contribution in [0.15, 0.2) is 0 Å². The maximum Gasteiger partial charge on any atom is 0.105 e. The lowest BCUT2D eigenvalue weighted by molar-refractivity contribution is 0.238. The average molecular weight is 283 g/mol. The highest BCUT2D eigenvalue weighted by Crippen LogP contribution is 2.35. The van der Waals surface area contributed by atoms with E-state index in [1.165, 1.54) is 25.7 Å². The first-order valence-corrected chi connectivity index (χ1v) is 5.99. The maximum absolute atomic E-state index is 9.19. The number of aliphatic hydroxyl groups is 1. The van der Waals surface area contributed by atoms with Gasteiger partial charge in [-0.25, -0.2) is 0 Å². The monoisotopic (exact) mass is 283 g/mol. The normalized spacial score (nSPS) is 32.2. The molecule has 1 fully saturated rings. The first-order chi connectivity index (χ1) is 5.72. The molecule has 0 aromatic heterocycles. The molecule has 3 atom stereocenters. The topological polar surface area (TPSA) is 46.2 Å². The Morgan fingerprint density at radius 3 is 2.67 bits per heavy atom. The molecule has 0 amide bonds. The third kappa shape index (κ3) is 3.58. The highest BCUT2D eigenvalue weighted by molar-refractivity contribution is 14.1. The summed E-state index contributed by atoms with van der Waals surface area (Å²) >= 11 is 2.09. The van der Waals surface area contributed by atoms with Crippen LogP contribution in [0.5, 0.6) is 0 Å². The van der Waals surface area contributed by atoms with E-state index in [1.54, 1.807) is 0 Å². The van der Waals surface area contributed by atoms with Crippen molar-refractivity contribution < 1.29 is 5.11 Å². The maximum atomic E-state index is 9.19. The summed E-state index contributed by atoms with van der Waals surface area (Å²) in [7, 11) is 0. The molecule has 0 radical (unpaired) electrons. The third-order valence-corrected chi connectivity index (χ3v) is 3.26. The molecule has 0 bridgehead atoms. The third-order valence-electron chi connectivity index (χ3n) is 2.75. The van der Waals surface area contributed by atoms with Crippen molar-refractivity contribution in [1.29, 1.82) is 0 Å². The van der Waals surface area contributed by atoms with Gasteiger partial charge in [0.25, 0.3) is 0 Å². The Balaban J connectivity index is 2.16. The van der Waals surface area contributed by atoms with Crippen LogP contribution in [-0.2, 0) is 0 Å². The number of hydrogen-bond acceptors (Lipinski definition) is 2. The zero-order chi connectivity index (χ0) is 8.97. The number of alkyl halides is 1. The van der Waals surface area contributed by atoms with Gasteiger partial charge in [-0.05, 0) is 37.6 Å². The van der Waals surface area contributed by atoms with Crippen LogP contribution in [0.2, 0.25) is 0 Å². The number of halogens is 1. The SMILES string of the molecule is NCCC1CCC(CC(O)I)C1. The van der Waals surface area contributed by atoms with Crippen molar-refractivity contribution in [2.24, 2.45) is 17.6 Å². The first kappa shape index (κ1) is 10.7. The van der Waals surface area contributed by atoms with E-state index in [9.17, 15) is 5.11 Å². The molecule has 1 saturated carbocycles. The molecule has 0 aliphatic heterocycles. The van der Waals surface area contributed by atoms with Gasteiger partial charge >= 0.3 is 0 Å². The van der Waals surface area contributed by atoms with Crippen molar-refractivity contribution in [1.82, 2.24) is 0 Å². The summed E-state index contributed by atoms with van der Waals surface area (Å²) in [5, 5.41) is 9.19. The molecular weight excluding hydrogens is 265 g/mol. The Hall–Kier alpha value is 0.650. The lowest BCUT2D eigenvalue weighted by Gasteiger charge is -2.11. The van der Waals surface area contributed by atoms with Crippen molar-refractivity contribution in [3.8, 4) is 0 Å². The number of hydrogen-bond donors (Lipinski definition) is 2. The van der Waals surface area contributed by atoms with Gasteiger partial charge in [-0.15, -0.1) is 0 Å². The summed E-state index contributed by atoms with van der Waals surface area (Å²) in [5.74, 6) is 1.60. The molecule has 1 rings (SSSR count). The molecule has 1 aliphatic rings. The zero-order valence-corrected chi connectivity index (χ0v) is 9.53. The Morgan fingerprint density at radius 1 is 1.42 bits per heavy atom. The van der Waals surface area contributed by atoms with Gasteiger partial charge in [0, 0.05) is 0 Å². The quantitative estimate of drug-likeness (QED) is 0.611. The van der Waals surface area contributed by atoms with Gasteiger partial charge in [0.05, 0.1) is 0 Å². The molecule has 12 heavy (non-hydrogen) atoms. The van der Waals surface area contributed by atoms with Crippen molar-refractivity contribution in [3.05, 3.63) is 0 Å². The van der Waals surface area contributed by atoms with E-state index >= 15 is 0 Å². The molecule has 0 aromatic rings. The molecule has 0 aromatic carbocycles. The Kier molecular flexibility index (Phi) is 4.82. The fourth-order valence-electron chi connectivity index (χ4n) is 2.17. The molecule has 0 saturated heterocycles. The fraction of sp³-hybridized carbons (Fsp3) is 1.00. The second kappa shape index (κ2) is 5.40. The van der Waals surface area contributed by atoms with Crippen LogP contribution in [0.4, 0.5) is 0 Å². The lowest BCUT2D eigenvalue weighted by Crippen LogP contribution is -2.07. The standard InChI is InChI=1S/C9H18INO/c10-9(12)6-8-2-1-7(5-8)3-4-11/h7-9,12H,1-6,11H2. The molecule has 2 nitrogen and oxygen atoms in total. The molecule has 72 valence electrons. The lowest BCUT2D eigenvalue weighted by atomic mass is 10.00. The van der Waals surface area contributed by atoms with Crippen LogP contribution >= 0.6 is 22.6 Å². The second-order valence-electron chi connectivity index (χ2n) is 3.79. The van der Waals surface area contributed by atoms with Gasteiger partial charge in [0.2, 0.25) is 0 Å². The summed E-state index contributed by atoms with van der Waals surface area (Å²) in [6.45, 7) is 0.824. The van der Waals surface area contributed by atoms with Gasteiger partial charge in [-0.2, -0.15) is 0 Å². The Labute approximate surface area is 88.0 Å². The van der Waals surface area contributed by atoms with Crippen LogP contribution in [-0.4, -0.2) is 15.8 Å². The molecule has 3 N–H and O–H groups in total. The summed E-state index contributed by atoms with van der Waals surface area (Å²) in [6, 6.07) is 0. The van der Waals surface area contributed by atoms with E-state index in [1.807, 2.05) is 0 Å². The van der Waals surface area contributed by atoms with E-state index in [4.69, 9.17) is 5.73 Å². The predicted octanol–water partition coefficient (Wildman–Crippen LogP) is 1.90. The van der Waals surface area contributed by atoms with Gasteiger partial charge in [0.1, 0.15) is 4.11 Å². The summed E-state index contributed by atoms with van der Waals surface area (Å²) in [4.78, 5) is 0. The van der Waals surface area contributed by atoms with E-state index < -0.39 is 0 Å². The van der Waals surface area contributed by atoms with Crippen LogP contribution in [0, 0.1) is 11.8 Å². The van der Waals surface area contributed by atoms with E-state index in [0.717, 1.165) is 24.8 Å². The highest BCUT2D eigenvalue weighted by atomic mass is 127. The van der Waals surface area contributed by atoms with Crippen molar-refractivity contribution in [3.63, 3.8) is 0 Å². The smallest absolute Gasteiger partial charge is 0.105 e. The minimum absolute atomic E-state index is 0.149. The van der Waals surface area contributed by atoms with Gasteiger partial charge in [-0.1, -0.05) is 35.4 Å². The molecule has 3 heteroatoms.